The lowest BCUT2D eigenvalue weighted by atomic mass is 10.5. The molecule has 0 saturated heterocycles. The van der Waals surface area contributed by atoms with E-state index in [-0.39, 0.29) is 0 Å². The third-order valence-corrected chi connectivity index (χ3v) is 0.839. The van der Waals surface area contributed by atoms with Crippen LogP contribution in [0.1, 0.15) is 13.8 Å². The first-order chi connectivity index (χ1) is 4.31. The molecule has 0 aromatic heterocycles. The standard InChI is InChI=1S/C7H14N2/c1-4-5-9-7(2)6-8-3/h4-6,8-9H,1-3H3/b5-4+,7-6-. The van der Waals surface area contributed by atoms with Gasteiger partial charge in [-0.05, 0) is 20.0 Å². The zero-order chi connectivity index (χ0) is 7.11. The molecule has 0 heterocycles. The number of hydrogen-bond acceptors (Lipinski definition) is 2. The Labute approximate surface area is 56.6 Å². The molecule has 0 amide bonds. The molecule has 0 unspecified atom stereocenters. The number of nitrogens with one attached hydrogen (secondary N) is 2. The molecule has 0 aliphatic heterocycles. The Morgan fingerprint density at radius 2 is 2.11 bits per heavy atom. The van der Waals surface area contributed by atoms with Gasteiger partial charge in [-0.1, -0.05) is 6.08 Å². The van der Waals surface area contributed by atoms with Crippen LogP contribution in [-0.2, 0) is 0 Å². The van der Waals surface area contributed by atoms with E-state index >= 15 is 0 Å². The number of allylic oxidation sites excluding steroid dienone is 2. The van der Waals surface area contributed by atoms with Crippen molar-refractivity contribution >= 4 is 0 Å². The van der Waals surface area contributed by atoms with Gasteiger partial charge in [0.05, 0.1) is 0 Å². The van der Waals surface area contributed by atoms with E-state index in [0.29, 0.717) is 0 Å². The van der Waals surface area contributed by atoms with Gasteiger partial charge >= 0.3 is 0 Å². The van der Waals surface area contributed by atoms with Crippen LogP contribution in [0.4, 0.5) is 0 Å². The molecule has 52 valence electrons. The molecule has 2 nitrogen and oxygen atoms in total. The highest BCUT2D eigenvalue weighted by Gasteiger charge is 1.76. The summed E-state index contributed by atoms with van der Waals surface area (Å²) >= 11 is 0. The van der Waals surface area contributed by atoms with E-state index in [1.165, 1.54) is 0 Å². The number of hydrogen-bond donors (Lipinski definition) is 2. The molecule has 2 heteroatoms. The molecule has 0 aromatic rings. The predicted molar refractivity (Wildman–Crippen MR) is 40.8 cm³/mol. The smallest absolute Gasteiger partial charge is 0.0274 e. The molecule has 0 saturated carbocycles. The Balaban J connectivity index is 3.49. The predicted octanol–water partition coefficient (Wildman–Crippen LogP) is 1.19. The molecule has 0 aliphatic carbocycles. The second-order valence-electron chi connectivity index (χ2n) is 1.76. The van der Waals surface area contributed by atoms with Crippen molar-refractivity contribution in [2.45, 2.75) is 13.8 Å². The van der Waals surface area contributed by atoms with E-state index in [1.54, 1.807) is 0 Å². The summed E-state index contributed by atoms with van der Waals surface area (Å²) in [6.07, 6.45) is 5.75. The van der Waals surface area contributed by atoms with Crippen molar-refractivity contribution in [3.63, 3.8) is 0 Å². The zero-order valence-corrected chi connectivity index (χ0v) is 6.23. The number of rotatable bonds is 3. The monoisotopic (exact) mass is 126 g/mol. The maximum absolute atomic E-state index is 3.05. The van der Waals surface area contributed by atoms with Crippen LogP contribution in [0.5, 0.6) is 0 Å². The van der Waals surface area contributed by atoms with Gasteiger partial charge in [0.1, 0.15) is 0 Å². The van der Waals surface area contributed by atoms with Gasteiger partial charge < -0.3 is 10.6 Å². The van der Waals surface area contributed by atoms with E-state index in [0.717, 1.165) is 5.70 Å². The molecule has 0 rings (SSSR count). The van der Waals surface area contributed by atoms with Crippen molar-refractivity contribution in [2.24, 2.45) is 0 Å². The topological polar surface area (TPSA) is 24.1 Å². The molecule has 0 aromatic carbocycles. The fraction of sp³-hybridized carbons (Fsp3) is 0.429. The Morgan fingerprint density at radius 1 is 1.44 bits per heavy atom. The quantitative estimate of drug-likeness (QED) is 0.593. The van der Waals surface area contributed by atoms with Crippen LogP contribution in [0.3, 0.4) is 0 Å². The third-order valence-electron chi connectivity index (χ3n) is 0.839. The summed E-state index contributed by atoms with van der Waals surface area (Å²) in [5.41, 5.74) is 1.11. The van der Waals surface area contributed by atoms with E-state index in [9.17, 15) is 0 Å². The second-order valence-corrected chi connectivity index (χ2v) is 1.76. The minimum atomic E-state index is 1.11. The molecule has 0 spiro atoms. The minimum Gasteiger partial charge on any atom is -0.393 e. The SMILES string of the molecule is C/C=C/N/C(C)=C\NC. The fourth-order valence-electron chi connectivity index (χ4n) is 0.473. The molecule has 0 atom stereocenters. The van der Waals surface area contributed by atoms with Crippen molar-refractivity contribution < 1.29 is 0 Å². The molecule has 2 N–H and O–H groups in total. The van der Waals surface area contributed by atoms with Gasteiger partial charge in [-0.15, -0.1) is 0 Å². The van der Waals surface area contributed by atoms with Crippen molar-refractivity contribution in [1.82, 2.24) is 10.6 Å². The molecule has 0 bridgehead atoms. The lowest BCUT2D eigenvalue weighted by Gasteiger charge is -1.97. The van der Waals surface area contributed by atoms with Gasteiger partial charge in [0.15, 0.2) is 0 Å². The lowest BCUT2D eigenvalue weighted by molar-refractivity contribution is 0.983. The van der Waals surface area contributed by atoms with Gasteiger partial charge in [-0.25, -0.2) is 0 Å². The van der Waals surface area contributed by atoms with Crippen LogP contribution < -0.4 is 10.6 Å². The van der Waals surface area contributed by atoms with E-state index in [4.69, 9.17) is 0 Å². The highest BCUT2D eigenvalue weighted by Crippen LogP contribution is 1.80. The maximum Gasteiger partial charge on any atom is 0.0274 e. The average Bonchev–Trinajstić information content (AvgIpc) is 1.85. The van der Waals surface area contributed by atoms with Gasteiger partial charge in [-0.3, -0.25) is 0 Å². The normalized spacial score (nSPS) is 12.1. The Kier molecular flexibility index (Phi) is 4.69. The van der Waals surface area contributed by atoms with Crippen molar-refractivity contribution in [3.8, 4) is 0 Å². The van der Waals surface area contributed by atoms with Gasteiger partial charge in [-0.2, -0.15) is 0 Å². The van der Waals surface area contributed by atoms with Crippen LogP contribution >= 0.6 is 0 Å². The largest absolute Gasteiger partial charge is 0.393 e. The highest BCUT2D eigenvalue weighted by atomic mass is 14.9. The van der Waals surface area contributed by atoms with Crippen LogP contribution in [0.15, 0.2) is 24.2 Å². The summed E-state index contributed by atoms with van der Waals surface area (Å²) in [7, 11) is 1.88. The fourth-order valence-corrected chi connectivity index (χ4v) is 0.473. The minimum absolute atomic E-state index is 1.11. The van der Waals surface area contributed by atoms with E-state index in [1.807, 2.05) is 39.4 Å². The summed E-state index contributed by atoms with van der Waals surface area (Å²) in [4.78, 5) is 0. The molecule has 0 radical (unpaired) electrons. The molecular formula is C7H14N2. The molecular weight excluding hydrogens is 112 g/mol. The Hall–Kier alpha value is -0.920. The van der Waals surface area contributed by atoms with Crippen molar-refractivity contribution in [3.05, 3.63) is 24.2 Å². The van der Waals surface area contributed by atoms with Gasteiger partial charge in [0.25, 0.3) is 0 Å². The summed E-state index contributed by atoms with van der Waals surface area (Å²) < 4.78 is 0. The first-order valence-electron chi connectivity index (χ1n) is 3.03. The maximum atomic E-state index is 3.05. The van der Waals surface area contributed by atoms with E-state index < -0.39 is 0 Å². The summed E-state index contributed by atoms with van der Waals surface area (Å²) in [6.45, 7) is 3.97. The zero-order valence-electron chi connectivity index (χ0n) is 6.23. The second kappa shape index (κ2) is 5.22. The first-order valence-corrected chi connectivity index (χ1v) is 3.03. The Morgan fingerprint density at radius 3 is 2.56 bits per heavy atom. The molecule has 0 fully saturated rings. The third kappa shape index (κ3) is 4.94. The van der Waals surface area contributed by atoms with Crippen LogP contribution in [0, 0.1) is 0 Å². The van der Waals surface area contributed by atoms with Gasteiger partial charge in [0.2, 0.25) is 0 Å². The van der Waals surface area contributed by atoms with Crippen LogP contribution in [0.2, 0.25) is 0 Å². The summed E-state index contributed by atoms with van der Waals surface area (Å²) in [5.74, 6) is 0. The summed E-state index contributed by atoms with van der Waals surface area (Å²) in [5, 5.41) is 5.97. The molecule has 0 aliphatic rings. The first kappa shape index (κ1) is 8.08. The van der Waals surface area contributed by atoms with Crippen LogP contribution in [0.25, 0.3) is 0 Å². The van der Waals surface area contributed by atoms with E-state index in [2.05, 4.69) is 10.6 Å². The Bertz CT molecular complexity index is 114. The van der Waals surface area contributed by atoms with Crippen LogP contribution in [-0.4, -0.2) is 7.05 Å². The highest BCUT2D eigenvalue weighted by molar-refractivity contribution is 4.97. The van der Waals surface area contributed by atoms with Crippen molar-refractivity contribution in [1.29, 1.82) is 0 Å². The van der Waals surface area contributed by atoms with Gasteiger partial charge in [0, 0.05) is 18.9 Å². The summed E-state index contributed by atoms with van der Waals surface area (Å²) in [6, 6.07) is 0. The molecule has 9 heavy (non-hydrogen) atoms. The van der Waals surface area contributed by atoms with Crippen molar-refractivity contribution in [2.75, 3.05) is 7.05 Å². The average molecular weight is 126 g/mol. The lowest BCUT2D eigenvalue weighted by Crippen LogP contribution is -2.05.